The molecule has 0 aliphatic rings. The normalized spacial score (nSPS) is 10.1. The van der Waals surface area contributed by atoms with E-state index in [1.807, 2.05) is 0 Å². The number of esters is 1. The van der Waals surface area contributed by atoms with Gasteiger partial charge in [-0.05, 0) is 36.1 Å². The van der Waals surface area contributed by atoms with E-state index in [1.54, 1.807) is 23.5 Å². The Morgan fingerprint density at radius 1 is 1.39 bits per heavy atom. The molecule has 0 radical (unpaired) electrons. The molecule has 0 spiro atoms. The first-order chi connectivity index (χ1) is 8.70. The first-order valence-corrected chi connectivity index (χ1v) is 6.27. The first-order valence-electron chi connectivity index (χ1n) is 5.39. The number of carbonyl (C=O) groups is 1. The Balaban J connectivity index is 1.98. The molecule has 18 heavy (non-hydrogen) atoms. The lowest BCUT2D eigenvalue weighted by atomic mass is 10.3. The minimum absolute atomic E-state index is 0.204. The zero-order valence-corrected chi connectivity index (χ0v) is 11.0. The summed E-state index contributed by atoms with van der Waals surface area (Å²) in [6.07, 6.45) is 0. The van der Waals surface area contributed by atoms with E-state index in [9.17, 15) is 4.79 Å². The molecule has 2 heterocycles. The van der Waals surface area contributed by atoms with Crippen LogP contribution in [0.2, 0.25) is 0 Å². The van der Waals surface area contributed by atoms with Crippen molar-refractivity contribution in [2.45, 2.75) is 13.5 Å². The first kappa shape index (κ1) is 12.5. The summed E-state index contributed by atoms with van der Waals surface area (Å²) in [7, 11) is 1.32. The van der Waals surface area contributed by atoms with E-state index >= 15 is 0 Å². The summed E-state index contributed by atoms with van der Waals surface area (Å²) in [5, 5.41) is 12.9. The van der Waals surface area contributed by atoms with E-state index in [-0.39, 0.29) is 5.69 Å². The Hall–Kier alpha value is -1.95. The molecule has 6 heteroatoms. The molecule has 0 unspecified atom stereocenters. The summed E-state index contributed by atoms with van der Waals surface area (Å²) in [5.41, 5.74) is 1.46. The van der Waals surface area contributed by atoms with Crippen molar-refractivity contribution in [3.63, 3.8) is 0 Å². The summed E-state index contributed by atoms with van der Waals surface area (Å²) >= 11 is 1.70. The number of ether oxygens (including phenoxy) is 1. The van der Waals surface area contributed by atoms with Crippen LogP contribution in [-0.2, 0) is 11.3 Å². The molecule has 2 aromatic rings. The molecular weight excluding hydrogens is 250 g/mol. The number of thiophene rings is 1. The average Bonchev–Trinajstić information content (AvgIpc) is 2.81. The quantitative estimate of drug-likeness (QED) is 0.857. The zero-order valence-electron chi connectivity index (χ0n) is 10.1. The third-order valence-corrected chi connectivity index (χ3v) is 3.48. The number of nitrogens with one attached hydrogen (secondary N) is 1. The predicted octanol–water partition coefficient (Wildman–Crippen LogP) is 2.25. The van der Waals surface area contributed by atoms with Gasteiger partial charge in [0.15, 0.2) is 5.69 Å². The van der Waals surface area contributed by atoms with E-state index in [0.717, 1.165) is 0 Å². The summed E-state index contributed by atoms with van der Waals surface area (Å²) < 4.78 is 4.55. The maximum Gasteiger partial charge on any atom is 0.358 e. The SMILES string of the molecule is COC(=O)c1ccc(NCc2sccc2C)nn1. The summed E-state index contributed by atoms with van der Waals surface area (Å²) in [4.78, 5) is 12.4. The third kappa shape index (κ3) is 2.84. The molecule has 0 amide bonds. The number of aromatic nitrogens is 2. The maximum atomic E-state index is 11.2. The number of aryl methyl sites for hydroxylation is 1. The fourth-order valence-electron chi connectivity index (χ4n) is 1.40. The molecule has 0 atom stereocenters. The van der Waals surface area contributed by atoms with Crippen molar-refractivity contribution >= 4 is 23.1 Å². The Bertz CT molecular complexity index is 537. The van der Waals surface area contributed by atoms with E-state index in [1.165, 1.54) is 17.6 Å². The van der Waals surface area contributed by atoms with E-state index in [2.05, 4.69) is 38.6 Å². The van der Waals surface area contributed by atoms with Crippen LogP contribution in [-0.4, -0.2) is 23.3 Å². The van der Waals surface area contributed by atoms with Gasteiger partial charge in [-0.2, -0.15) is 0 Å². The molecule has 0 saturated heterocycles. The molecule has 0 fully saturated rings. The monoisotopic (exact) mass is 263 g/mol. The van der Waals surface area contributed by atoms with Gasteiger partial charge in [0.1, 0.15) is 5.82 Å². The minimum Gasteiger partial charge on any atom is -0.464 e. The molecule has 0 aliphatic heterocycles. The number of hydrogen-bond donors (Lipinski definition) is 1. The topological polar surface area (TPSA) is 64.1 Å². The highest BCUT2D eigenvalue weighted by Gasteiger charge is 2.07. The van der Waals surface area contributed by atoms with Gasteiger partial charge in [0.2, 0.25) is 0 Å². The summed E-state index contributed by atoms with van der Waals surface area (Å²) in [6.45, 7) is 2.77. The van der Waals surface area contributed by atoms with Gasteiger partial charge in [-0.25, -0.2) is 4.79 Å². The molecule has 94 valence electrons. The lowest BCUT2D eigenvalue weighted by molar-refractivity contribution is 0.0593. The fourth-order valence-corrected chi connectivity index (χ4v) is 2.24. The lowest BCUT2D eigenvalue weighted by Crippen LogP contribution is -2.07. The van der Waals surface area contributed by atoms with Gasteiger partial charge < -0.3 is 10.1 Å². The number of anilines is 1. The molecule has 5 nitrogen and oxygen atoms in total. The van der Waals surface area contributed by atoms with Gasteiger partial charge in [-0.1, -0.05) is 0 Å². The number of carbonyl (C=O) groups excluding carboxylic acids is 1. The molecular formula is C12H13N3O2S. The van der Waals surface area contributed by atoms with Crippen molar-refractivity contribution < 1.29 is 9.53 Å². The van der Waals surface area contributed by atoms with Crippen molar-refractivity contribution in [3.8, 4) is 0 Å². The summed E-state index contributed by atoms with van der Waals surface area (Å²) in [6, 6.07) is 5.37. The van der Waals surface area contributed by atoms with Crippen LogP contribution in [0.5, 0.6) is 0 Å². The van der Waals surface area contributed by atoms with Gasteiger partial charge in [-0.3, -0.25) is 0 Å². The average molecular weight is 263 g/mol. The highest BCUT2D eigenvalue weighted by Crippen LogP contribution is 2.16. The van der Waals surface area contributed by atoms with Crippen LogP contribution in [0.15, 0.2) is 23.6 Å². The van der Waals surface area contributed by atoms with Gasteiger partial charge in [0, 0.05) is 4.88 Å². The van der Waals surface area contributed by atoms with E-state index in [0.29, 0.717) is 12.4 Å². The van der Waals surface area contributed by atoms with Crippen molar-refractivity contribution in [2.75, 3.05) is 12.4 Å². The van der Waals surface area contributed by atoms with Crippen LogP contribution in [0.3, 0.4) is 0 Å². The van der Waals surface area contributed by atoms with Crippen molar-refractivity contribution in [3.05, 3.63) is 39.7 Å². The van der Waals surface area contributed by atoms with Gasteiger partial charge in [0.25, 0.3) is 0 Å². The van der Waals surface area contributed by atoms with Crippen LogP contribution in [0.4, 0.5) is 5.82 Å². The number of hydrogen-bond acceptors (Lipinski definition) is 6. The van der Waals surface area contributed by atoms with Crippen LogP contribution in [0.25, 0.3) is 0 Å². The number of nitrogens with zero attached hydrogens (tertiary/aromatic N) is 2. The summed E-state index contributed by atoms with van der Waals surface area (Å²) in [5.74, 6) is 0.151. The smallest absolute Gasteiger partial charge is 0.358 e. The zero-order chi connectivity index (χ0) is 13.0. The second-order valence-electron chi connectivity index (χ2n) is 3.68. The van der Waals surface area contributed by atoms with Gasteiger partial charge in [-0.15, -0.1) is 21.5 Å². The second kappa shape index (κ2) is 5.59. The number of rotatable bonds is 4. The lowest BCUT2D eigenvalue weighted by Gasteiger charge is -2.04. The van der Waals surface area contributed by atoms with Gasteiger partial charge in [0.05, 0.1) is 13.7 Å². The van der Waals surface area contributed by atoms with Crippen molar-refractivity contribution in [1.82, 2.24) is 10.2 Å². The fraction of sp³-hybridized carbons (Fsp3) is 0.250. The Kier molecular flexibility index (Phi) is 3.88. The Morgan fingerprint density at radius 2 is 2.22 bits per heavy atom. The molecule has 1 N–H and O–H groups in total. The van der Waals surface area contributed by atoms with Crippen molar-refractivity contribution in [1.29, 1.82) is 0 Å². The third-order valence-electron chi connectivity index (χ3n) is 2.46. The van der Waals surface area contributed by atoms with Crippen molar-refractivity contribution in [2.24, 2.45) is 0 Å². The minimum atomic E-state index is -0.483. The molecule has 0 aromatic carbocycles. The van der Waals surface area contributed by atoms with Crippen LogP contribution in [0, 0.1) is 6.92 Å². The maximum absolute atomic E-state index is 11.2. The molecule has 0 saturated carbocycles. The van der Waals surface area contributed by atoms with Gasteiger partial charge >= 0.3 is 5.97 Å². The van der Waals surface area contributed by atoms with Crippen LogP contribution < -0.4 is 5.32 Å². The predicted molar refractivity (Wildman–Crippen MR) is 69.8 cm³/mol. The molecule has 0 bridgehead atoms. The standard InChI is InChI=1S/C12H13N3O2S/c1-8-5-6-18-10(8)7-13-11-4-3-9(14-15-11)12(16)17-2/h3-6H,7H2,1-2H3,(H,13,15). The largest absolute Gasteiger partial charge is 0.464 e. The van der Waals surface area contributed by atoms with E-state index < -0.39 is 5.97 Å². The Morgan fingerprint density at radius 3 is 2.78 bits per heavy atom. The number of methoxy groups -OCH3 is 1. The molecule has 0 aliphatic carbocycles. The molecule has 2 rings (SSSR count). The van der Waals surface area contributed by atoms with Crippen LogP contribution >= 0.6 is 11.3 Å². The highest BCUT2D eigenvalue weighted by molar-refractivity contribution is 7.10. The second-order valence-corrected chi connectivity index (χ2v) is 4.68. The van der Waals surface area contributed by atoms with Crippen LogP contribution in [0.1, 0.15) is 20.9 Å². The van der Waals surface area contributed by atoms with E-state index in [4.69, 9.17) is 0 Å². The highest BCUT2D eigenvalue weighted by atomic mass is 32.1. The Labute approximate surface area is 109 Å². The molecule has 2 aromatic heterocycles.